The molecule has 1 aliphatic rings. The van der Waals surface area contributed by atoms with Gasteiger partial charge in [-0.05, 0) is 43.6 Å². The monoisotopic (exact) mass is 206 g/mol. The SMILES string of the molecule is CC(=O)/C=C/C(C)C1CC(C)=CC1(C)C. The standard InChI is InChI=1S/C14H22O/c1-10-8-13(14(4,5)9-10)11(2)6-7-12(3)15/h6-7,9,11,13H,8H2,1-5H3/b7-6+. The van der Waals surface area contributed by atoms with Crippen LogP contribution >= 0.6 is 0 Å². The van der Waals surface area contributed by atoms with Crippen molar-refractivity contribution in [1.29, 1.82) is 0 Å². The maximum Gasteiger partial charge on any atom is 0.152 e. The molecule has 2 atom stereocenters. The van der Waals surface area contributed by atoms with Crippen LogP contribution in [-0.4, -0.2) is 5.78 Å². The van der Waals surface area contributed by atoms with Crippen molar-refractivity contribution in [2.75, 3.05) is 0 Å². The molecule has 1 aliphatic carbocycles. The van der Waals surface area contributed by atoms with E-state index < -0.39 is 0 Å². The number of hydrogen-bond donors (Lipinski definition) is 0. The largest absolute Gasteiger partial charge is 0.295 e. The topological polar surface area (TPSA) is 17.1 Å². The van der Waals surface area contributed by atoms with Crippen molar-refractivity contribution >= 4 is 5.78 Å². The highest BCUT2D eigenvalue weighted by Crippen LogP contribution is 2.45. The lowest BCUT2D eigenvalue weighted by Gasteiger charge is -2.30. The third-order valence-electron chi connectivity index (χ3n) is 3.39. The smallest absolute Gasteiger partial charge is 0.152 e. The minimum Gasteiger partial charge on any atom is -0.295 e. The number of carbonyl (C=O) groups is 1. The Labute approximate surface area is 93.3 Å². The van der Waals surface area contributed by atoms with E-state index in [1.807, 2.05) is 0 Å². The first-order valence-electron chi connectivity index (χ1n) is 5.70. The molecule has 0 aliphatic heterocycles. The van der Waals surface area contributed by atoms with Gasteiger partial charge in [0.2, 0.25) is 0 Å². The summed E-state index contributed by atoms with van der Waals surface area (Å²) in [5.41, 5.74) is 1.75. The van der Waals surface area contributed by atoms with Gasteiger partial charge in [0.05, 0.1) is 0 Å². The molecule has 0 radical (unpaired) electrons. The summed E-state index contributed by atoms with van der Waals surface area (Å²) >= 11 is 0. The van der Waals surface area contributed by atoms with Gasteiger partial charge in [-0.15, -0.1) is 0 Å². The fourth-order valence-corrected chi connectivity index (χ4v) is 2.70. The zero-order chi connectivity index (χ0) is 11.6. The van der Waals surface area contributed by atoms with Crippen LogP contribution in [0.5, 0.6) is 0 Å². The molecule has 0 saturated heterocycles. The molecule has 0 N–H and O–H groups in total. The molecule has 0 aromatic rings. The second-order valence-corrected chi connectivity index (χ2v) is 5.45. The van der Waals surface area contributed by atoms with Crippen molar-refractivity contribution in [1.82, 2.24) is 0 Å². The average Bonchev–Trinajstić information content (AvgIpc) is 2.35. The van der Waals surface area contributed by atoms with Crippen molar-refractivity contribution in [3.63, 3.8) is 0 Å². The lowest BCUT2D eigenvalue weighted by molar-refractivity contribution is -0.112. The number of hydrogen-bond acceptors (Lipinski definition) is 1. The van der Waals surface area contributed by atoms with E-state index >= 15 is 0 Å². The van der Waals surface area contributed by atoms with Gasteiger partial charge in [0, 0.05) is 0 Å². The Hall–Kier alpha value is -0.850. The van der Waals surface area contributed by atoms with E-state index in [0.717, 1.165) is 6.42 Å². The van der Waals surface area contributed by atoms with Gasteiger partial charge in [-0.1, -0.05) is 38.5 Å². The van der Waals surface area contributed by atoms with Crippen LogP contribution in [0.25, 0.3) is 0 Å². The molecule has 2 unspecified atom stereocenters. The summed E-state index contributed by atoms with van der Waals surface area (Å²) in [4.78, 5) is 10.9. The molecule has 0 fully saturated rings. The van der Waals surface area contributed by atoms with E-state index in [1.165, 1.54) is 5.57 Å². The van der Waals surface area contributed by atoms with E-state index in [0.29, 0.717) is 11.8 Å². The van der Waals surface area contributed by atoms with E-state index in [-0.39, 0.29) is 11.2 Å². The molecule has 1 heteroatoms. The lowest BCUT2D eigenvalue weighted by Crippen LogP contribution is -2.23. The van der Waals surface area contributed by atoms with E-state index in [2.05, 4.69) is 39.8 Å². The molecule has 1 nitrogen and oxygen atoms in total. The molecule has 0 aromatic heterocycles. The summed E-state index contributed by atoms with van der Waals surface area (Å²) in [5, 5.41) is 0. The van der Waals surface area contributed by atoms with Gasteiger partial charge < -0.3 is 0 Å². The Bertz CT molecular complexity index is 307. The summed E-state index contributed by atoms with van der Waals surface area (Å²) in [6.45, 7) is 10.6. The molecule has 15 heavy (non-hydrogen) atoms. The van der Waals surface area contributed by atoms with Crippen LogP contribution in [0.2, 0.25) is 0 Å². The fourth-order valence-electron chi connectivity index (χ4n) is 2.70. The molecule has 0 amide bonds. The first-order chi connectivity index (χ1) is 6.83. The molecular formula is C14H22O. The number of ketones is 1. The minimum atomic E-state index is 0.141. The van der Waals surface area contributed by atoms with Crippen molar-refractivity contribution in [2.45, 2.75) is 41.0 Å². The van der Waals surface area contributed by atoms with E-state index in [1.54, 1.807) is 13.0 Å². The Morgan fingerprint density at radius 1 is 1.60 bits per heavy atom. The Morgan fingerprint density at radius 3 is 2.60 bits per heavy atom. The van der Waals surface area contributed by atoms with Gasteiger partial charge in [0.25, 0.3) is 0 Å². The Morgan fingerprint density at radius 2 is 2.20 bits per heavy atom. The molecular weight excluding hydrogens is 184 g/mol. The number of carbonyl (C=O) groups excluding carboxylic acids is 1. The highest BCUT2D eigenvalue weighted by molar-refractivity contribution is 5.87. The minimum absolute atomic E-state index is 0.141. The van der Waals surface area contributed by atoms with Crippen LogP contribution in [0.4, 0.5) is 0 Å². The van der Waals surface area contributed by atoms with Crippen LogP contribution in [0.15, 0.2) is 23.8 Å². The van der Waals surface area contributed by atoms with Gasteiger partial charge in [0.1, 0.15) is 0 Å². The van der Waals surface area contributed by atoms with Crippen LogP contribution in [0, 0.1) is 17.3 Å². The quantitative estimate of drug-likeness (QED) is 0.507. The lowest BCUT2D eigenvalue weighted by atomic mass is 9.74. The molecule has 0 spiro atoms. The number of allylic oxidation sites excluding steroid dienone is 4. The van der Waals surface area contributed by atoms with Crippen molar-refractivity contribution in [3.8, 4) is 0 Å². The average molecular weight is 206 g/mol. The van der Waals surface area contributed by atoms with Crippen molar-refractivity contribution in [2.24, 2.45) is 17.3 Å². The van der Waals surface area contributed by atoms with Crippen LogP contribution in [0.3, 0.4) is 0 Å². The molecule has 0 heterocycles. The van der Waals surface area contributed by atoms with Crippen molar-refractivity contribution < 1.29 is 4.79 Å². The molecule has 0 aromatic carbocycles. The maximum absolute atomic E-state index is 10.9. The van der Waals surface area contributed by atoms with Gasteiger partial charge in [-0.25, -0.2) is 0 Å². The molecule has 1 rings (SSSR count). The first-order valence-corrected chi connectivity index (χ1v) is 5.70. The third kappa shape index (κ3) is 3.05. The summed E-state index contributed by atoms with van der Waals surface area (Å²) < 4.78 is 0. The van der Waals surface area contributed by atoms with Crippen LogP contribution in [0.1, 0.15) is 41.0 Å². The molecule has 84 valence electrons. The van der Waals surface area contributed by atoms with Gasteiger partial charge >= 0.3 is 0 Å². The fraction of sp³-hybridized carbons (Fsp3) is 0.643. The third-order valence-corrected chi connectivity index (χ3v) is 3.39. The maximum atomic E-state index is 10.9. The Balaban J connectivity index is 2.71. The second kappa shape index (κ2) is 4.34. The second-order valence-electron chi connectivity index (χ2n) is 5.45. The predicted octanol–water partition coefficient (Wildman–Crippen LogP) is 3.76. The van der Waals surface area contributed by atoms with Gasteiger partial charge in [-0.2, -0.15) is 0 Å². The molecule has 0 bridgehead atoms. The zero-order valence-electron chi connectivity index (χ0n) is 10.5. The van der Waals surface area contributed by atoms with Crippen molar-refractivity contribution in [3.05, 3.63) is 23.8 Å². The summed E-state index contributed by atoms with van der Waals surface area (Å²) in [6.07, 6.45) is 7.29. The zero-order valence-corrected chi connectivity index (χ0v) is 10.5. The first kappa shape index (κ1) is 12.2. The number of rotatable bonds is 3. The van der Waals surface area contributed by atoms with Crippen LogP contribution in [-0.2, 0) is 4.79 Å². The predicted molar refractivity (Wildman–Crippen MR) is 64.6 cm³/mol. The van der Waals surface area contributed by atoms with Gasteiger partial charge in [-0.3, -0.25) is 4.79 Å². The Kier molecular flexibility index (Phi) is 3.54. The summed E-state index contributed by atoms with van der Waals surface area (Å²) in [6, 6.07) is 0. The summed E-state index contributed by atoms with van der Waals surface area (Å²) in [5.74, 6) is 1.24. The van der Waals surface area contributed by atoms with E-state index in [4.69, 9.17) is 0 Å². The normalized spacial score (nSPS) is 26.7. The molecule has 0 saturated carbocycles. The van der Waals surface area contributed by atoms with Gasteiger partial charge in [0.15, 0.2) is 5.78 Å². The highest BCUT2D eigenvalue weighted by atomic mass is 16.1. The van der Waals surface area contributed by atoms with E-state index in [9.17, 15) is 4.79 Å². The highest BCUT2D eigenvalue weighted by Gasteiger charge is 2.35. The van der Waals surface area contributed by atoms with Crippen LogP contribution < -0.4 is 0 Å². The summed E-state index contributed by atoms with van der Waals surface area (Å²) in [7, 11) is 0.